The average Bonchev–Trinajstić information content (AvgIpc) is 2.45. The SMILES string of the molecule is Cc1cccc(N(C)CC(CBr)c2ccccc2)c1. The lowest BCUT2D eigenvalue weighted by molar-refractivity contribution is 0.747. The van der Waals surface area contributed by atoms with E-state index in [9.17, 15) is 0 Å². The first-order valence-electron chi connectivity index (χ1n) is 6.59. The van der Waals surface area contributed by atoms with Crippen LogP contribution in [0.1, 0.15) is 17.0 Å². The van der Waals surface area contributed by atoms with E-state index in [0.717, 1.165) is 11.9 Å². The molecule has 0 bridgehead atoms. The summed E-state index contributed by atoms with van der Waals surface area (Å²) in [6.07, 6.45) is 0. The number of halogens is 1. The Kier molecular flexibility index (Phi) is 5.03. The Balaban J connectivity index is 2.10. The number of rotatable bonds is 5. The van der Waals surface area contributed by atoms with Crippen molar-refractivity contribution in [3.63, 3.8) is 0 Å². The van der Waals surface area contributed by atoms with Gasteiger partial charge in [-0.2, -0.15) is 0 Å². The predicted molar refractivity (Wildman–Crippen MR) is 87.4 cm³/mol. The Morgan fingerprint density at radius 3 is 2.42 bits per heavy atom. The lowest BCUT2D eigenvalue weighted by atomic mass is 10.0. The molecule has 0 aromatic heterocycles. The number of nitrogens with zero attached hydrogens (tertiary/aromatic N) is 1. The van der Waals surface area contributed by atoms with Gasteiger partial charge in [0.2, 0.25) is 0 Å². The molecule has 0 aliphatic heterocycles. The highest BCUT2D eigenvalue weighted by Crippen LogP contribution is 2.22. The van der Waals surface area contributed by atoms with Crippen LogP contribution in [0.2, 0.25) is 0 Å². The molecule has 1 atom stereocenters. The first-order chi connectivity index (χ1) is 9.20. The van der Waals surface area contributed by atoms with Crippen LogP contribution in [-0.4, -0.2) is 18.9 Å². The zero-order valence-corrected chi connectivity index (χ0v) is 13.1. The molecular formula is C17H20BrN. The molecule has 19 heavy (non-hydrogen) atoms. The smallest absolute Gasteiger partial charge is 0.0366 e. The molecule has 0 aliphatic rings. The van der Waals surface area contributed by atoms with Crippen molar-refractivity contribution < 1.29 is 0 Å². The number of hydrogen-bond acceptors (Lipinski definition) is 1. The van der Waals surface area contributed by atoms with Gasteiger partial charge in [0.25, 0.3) is 0 Å². The Labute approximate surface area is 124 Å². The maximum atomic E-state index is 3.64. The fourth-order valence-electron chi connectivity index (χ4n) is 2.27. The van der Waals surface area contributed by atoms with Gasteiger partial charge in [0.05, 0.1) is 0 Å². The molecule has 0 saturated carbocycles. The standard InChI is InChI=1S/C17H20BrN/c1-14-7-6-10-17(11-14)19(2)13-16(12-18)15-8-4-3-5-9-15/h3-11,16H,12-13H2,1-2H3. The van der Waals surface area contributed by atoms with E-state index in [2.05, 4.69) is 89.4 Å². The van der Waals surface area contributed by atoms with Gasteiger partial charge in [-0.05, 0) is 30.2 Å². The van der Waals surface area contributed by atoms with Crippen LogP contribution in [0.25, 0.3) is 0 Å². The lowest BCUT2D eigenvalue weighted by Gasteiger charge is -2.25. The molecule has 0 aliphatic carbocycles. The Morgan fingerprint density at radius 1 is 1.05 bits per heavy atom. The van der Waals surface area contributed by atoms with Crippen molar-refractivity contribution in [3.8, 4) is 0 Å². The van der Waals surface area contributed by atoms with Crippen LogP contribution >= 0.6 is 15.9 Å². The largest absolute Gasteiger partial charge is 0.374 e. The highest BCUT2D eigenvalue weighted by molar-refractivity contribution is 9.09. The molecule has 2 aromatic carbocycles. The summed E-state index contributed by atoms with van der Waals surface area (Å²) in [5.41, 5.74) is 3.97. The van der Waals surface area contributed by atoms with Crippen LogP contribution in [0.5, 0.6) is 0 Å². The summed E-state index contributed by atoms with van der Waals surface area (Å²) < 4.78 is 0. The van der Waals surface area contributed by atoms with Crippen LogP contribution in [0.15, 0.2) is 54.6 Å². The zero-order chi connectivity index (χ0) is 13.7. The summed E-state index contributed by atoms with van der Waals surface area (Å²) in [6, 6.07) is 19.4. The molecule has 2 heteroatoms. The van der Waals surface area contributed by atoms with Gasteiger partial charge in [-0.1, -0.05) is 58.4 Å². The van der Waals surface area contributed by atoms with Crippen LogP contribution in [0, 0.1) is 6.92 Å². The zero-order valence-electron chi connectivity index (χ0n) is 11.5. The van der Waals surface area contributed by atoms with E-state index >= 15 is 0 Å². The van der Waals surface area contributed by atoms with E-state index < -0.39 is 0 Å². The summed E-state index contributed by atoms with van der Waals surface area (Å²) in [7, 11) is 2.16. The Bertz CT molecular complexity index is 510. The lowest BCUT2D eigenvalue weighted by Crippen LogP contribution is -2.25. The minimum absolute atomic E-state index is 0.506. The van der Waals surface area contributed by atoms with Crippen LogP contribution in [-0.2, 0) is 0 Å². The normalized spacial score (nSPS) is 12.2. The molecule has 0 fully saturated rings. The van der Waals surface area contributed by atoms with Gasteiger partial charge >= 0.3 is 0 Å². The minimum Gasteiger partial charge on any atom is -0.374 e. The molecular weight excluding hydrogens is 298 g/mol. The molecule has 2 rings (SSSR count). The predicted octanol–water partition coefficient (Wildman–Crippen LogP) is 4.61. The number of aryl methyl sites for hydroxylation is 1. The van der Waals surface area contributed by atoms with Crippen molar-refractivity contribution in [3.05, 3.63) is 65.7 Å². The fraction of sp³-hybridized carbons (Fsp3) is 0.294. The second-order valence-corrected chi connectivity index (χ2v) is 5.63. The van der Waals surface area contributed by atoms with Crippen LogP contribution < -0.4 is 4.90 Å². The van der Waals surface area contributed by atoms with Crippen molar-refractivity contribution in [2.75, 3.05) is 23.8 Å². The van der Waals surface area contributed by atoms with Gasteiger partial charge in [0.15, 0.2) is 0 Å². The summed E-state index contributed by atoms with van der Waals surface area (Å²) in [6.45, 7) is 3.15. The third-order valence-corrected chi connectivity index (χ3v) is 4.18. The number of alkyl halides is 1. The molecule has 1 nitrogen and oxygen atoms in total. The molecule has 0 N–H and O–H groups in total. The molecule has 0 heterocycles. The quantitative estimate of drug-likeness (QED) is 0.728. The summed E-state index contributed by atoms with van der Waals surface area (Å²) in [5, 5.41) is 0.979. The van der Waals surface area contributed by atoms with Gasteiger partial charge in [0.1, 0.15) is 0 Å². The van der Waals surface area contributed by atoms with Crippen molar-refractivity contribution in [2.24, 2.45) is 0 Å². The second kappa shape index (κ2) is 6.76. The number of anilines is 1. The molecule has 1 unspecified atom stereocenters. The van der Waals surface area contributed by atoms with Crippen LogP contribution in [0.4, 0.5) is 5.69 Å². The number of likely N-dealkylation sites (N-methyl/N-ethyl adjacent to an activating group) is 1. The van der Waals surface area contributed by atoms with Gasteiger partial charge < -0.3 is 4.90 Å². The average molecular weight is 318 g/mol. The maximum Gasteiger partial charge on any atom is 0.0366 e. The van der Waals surface area contributed by atoms with Crippen molar-refractivity contribution in [2.45, 2.75) is 12.8 Å². The van der Waals surface area contributed by atoms with Gasteiger partial charge in [-0.15, -0.1) is 0 Å². The van der Waals surface area contributed by atoms with E-state index in [4.69, 9.17) is 0 Å². The minimum atomic E-state index is 0.506. The van der Waals surface area contributed by atoms with E-state index in [1.54, 1.807) is 0 Å². The third-order valence-electron chi connectivity index (χ3n) is 3.39. The van der Waals surface area contributed by atoms with E-state index in [1.165, 1.54) is 16.8 Å². The van der Waals surface area contributed by atoms with Crippen molar-refractivity contribution >= 4 is 21.6 Å². The van der Waals surface area contributed by atoms with Gasteiger partial charge in [0, 0.05) is 30.5 Å². The fourth-order valence-corrected chi connectivity index (χ4v) is 2.85. The molecule has 0 saturated heterocycles. The monoisotopic (exact) mass is 317 g/mol. The Morgan fingerprint density at radius 2 is 1.79 bits per heavy atom. The highest BCUT2D eigenvalue weighted by atomic mass is 79.9. The van der Waals surface area contributed by atoms with E-state index in [0.29, 0.717) is 5.92 Å². The van der Waals surface area contributed by atoms with Crippen molar-refractivity contribution in [1.82, 2.24) is 0 Å². The summed E-state index contributed by atoms with van der Waals surface area (Å²) in [4.78, 5) is 2.33. The van der Waals surface area contributed by atoms with Gasteiger partial charge in [-0.25, -0.2) is 0 Å². The molecule has 0 radical (unpaired) electrons. The molecule has 100 valence electrons. The molecule has 0 amide bonds. The Hall–Kier alpha value is -1.28. The van der Waals surface area contributed by atoms with E-state index in [-0.39, 0.29) is 0 Å². The topological polar surface area (TPSA) is 3.24 Å². The summed E-state index contributed by atoms with van der Waals surface area (Å²) >= 11 is 3.64. The first-order valence-corrected chi connectivity index (χ1v) is 7.71. The van der Waals surface area contributed by atoms with Crippen molar-refractivity contribution in [1.29, 1.82) is 0 Å². The third kappa shape index (κ3) is 3.84. The first kappa shape index (κ1) is 14.1. The number of hydrogen-bond donors (Lipinski definition) is 0. The van der Waals surface area contributed by atoms with Gasteiger partial charge in [-0.3, -0.25) is 0 Å². The second-order valence-electron chi connectivity index (χ2n) is 4.98. The molecule has 2 aromatic rings. The van der Waals surface area contributed by atoms with E-state index in [1.807, 2.05) is 0 Å². The summed E-state index contributed by atoms with van der Waals surface area (Å²) in [5.74, 6) is 0.506. The van der Waals surface area contributed by atoms with Crippen LogP contribution in [0.3, 0.4) is 0 Å². The number of benzene rings is 2. The molecule has 0 spiro atoms. The maximum absolute atomic E-state index is 3.64. The highest BCUT2D eigenvalue weighted by Gasteiger charge is 2.13.